The second kappa shape index (κ2) is 3.27. The normalized spacial score (nSPS) is 11.5. The third kappa shape index (κ3) is 2.96. The number of aromatic nitrogens is 2. The molecule has 0 atom stereocenters. The number of hydrogen-bond donors (Lipinski definition) is 2. The minimum atomic E-state index is -4.17. The molecule has 0 aliphatic carbocycles. The molecule has 0 unspecified atom stereocenters. The van der Waals surface area contributed by atoms with Gasteiger partial charge < -0.3 is 4.98 Å². The van der Waals surface area contributed by atoms with Gasteiger partial charge in [0.15, 0.2) is 0 Å². The Morgan fingerprint density at radius 2 is 2.23 bits per heavy atom. The van der Waals surface area contributed by atoms with Crippen molar-refractivity contribution in [1.29, 1.82) is 0 Å². The maximum atomic E-state index is 11.0. The number of aryl methyl sites for hydroxylation is 1. The summed E-state index contributed by atoms with van der Waals surface area (Å²) in [5, 5.41) is 0. The molecule has 1 heterocycles. The molecule has 0 saturated carbocycles. The number of nitrogens with one attached hydrogen (secondary N) is 1. The predicted octanol–water partition coefficient (Wildman–Crippen LogP) is -0.534. The highest BCUT2D eigenvalue weighted by Gasteiger charge is 2.10. The number of nitrogens with zero attached hydrogens (tertiary/aromatic N) is 1. The van der Waals surface area contributed by atoms with Crippen molar-refractivity contribution in [1.82, 2.24) is 9.97 Å². The van der Waals surface area contributed by atoms with Crippen LogP contribution in [0.1, 0.15) is 11.4 Å². The minimum absolute atomic E-state index is 0.0758. The van der Waals surface area contributed by atoms with E-state index in [1.54, 1.807) is 6.92 Å². The fourth-order valence-electron chi connectivity index (χ4n) is 0.810. The van der Waals surface area contributed by atoms with E-state index in [-0.39, 0.29) is 5.56 Å². The molecular weight excluding hydrogens is 196 g/mol. The van der Waals surface area contributed by atoms with E-state index in [4.69, 9.17) is 4.55 Å². The first-order valence-electron chi connectivity index (χ1n) is 3.38. The molecule has 0 aromatic carbocycles. The summed E-state index contributed by atoms with van der Waals surface area (Å²) < 4.78 is 29.3. The lowest BCUT2D eigenvalue weighted by Crippen LogP contribution is -2.17. The van der Waals surface area contributed by atoms with Crippen LogP contribution in [0.25, 0.3) is 0 Å². The van der Waals surface area contributed by atoms with Crippen LogP contribution in [0.15, 0.2) is 11.0 Å². The maximum Gasteiger partial charge on any atom is 0.269 e. The van der Waals surface area contributed by atoms with E-state index < -0.39 is 21.4 Å². The lowest BCUT2D eigenvalue weighted by Gasteiger charge is -1.97. The van der Waals surface area contributed by atoms with Crippen LogP contribution in [0.3, 0.4) is 0 Å². The van der Waals surface area contributed by atoms with E-state index in [0.29, 0.717) is 5.82 Å². The number of H-pyrrole nitrogens is 1. The average molecular weight is 204 g/mol. The van der Waals surface area contributed by atoms with Crippen LogP contribution in [0.5, 0.6) is 0 Å². The van der Waals surface area contributed by atoms with Crippen LogP contribution in [-0.4, -0.2) is 22.9 Å². The minimum Gasteiger partial charge on any atom is -0.311 e. The molecule has 0 radical (unpaired) electrons. The highest BCUT2D eigenvalue weighted by Crippen LogP contribution is 1.96. The van der Waals surface area contributed by atoms with Crippen LogP contribution in [0.2, 0.25) is 0 Å². The number of rotatable bonds is 2. The quantitative estimate of drug-likeness (QED) is 0.630. The van der Waals surface area contributed by atoms with Gasteiger partial charge >= 0.3 is 0 Å². The Kier molecular flexibility index (Phi) is 2.48. The van der Waals surface area contributed by atoms with E-state index in [1.807, 2.05) is 0 Å². The van der Waals surface area contributed by atoms with Gasteiger partial charge in [-0.25, -0.2) is 4.98 Å². The molecule has 1 rings (SSSR count). The monoisotopic (exact) mass is 204 g/mol. The molecule has 0 aliphatic rings. The first-order chi connectivity index (χ1) is 5.88. The summed E-state index contributed by atoms with van der Waals surface area (Å²) in [7, 11) is -4.17. The molecular formula is C6H8N2O4S. The molecule has 0 fully saturated rings. The Balaban J connectivity index is 3.12. The Hall–Kier alpha value is -1.21. The molecule has 0 amide bonds. The second-order valence-electron chi connectivity index (χ2n) is 2.55. The van der Waals surface area contributed by atoms with Gasteiger partial charge in [-0.15, -0.1) is 0 Å². The molecule has 0 saturated heterocycles. The van der Waals surface area contributed by atoms with Gasteiger partial charge in [0.1, 0.15) is 11.6 Å². The van der Waals surface area contributed by atoms with Crippen LogP contribution >= 0.6 is 0 Å². The summed E-state index contributed by atoms with van der Waals surface area (Å²) >= 11 is 0. The molecule has 0 spiro atoms. The van der Waals surface area contributed by atoms with Crippen LogP contribution in [0.4, 0.5) is 0 Å². The van der Waals surface area contributed by atoms with E-state index in [2.05, 4.69) is 9.97 Å². The van der Waals surface area contributed by atoms with Crippen molar-refractivity contribution in [2.24, 2.45) is 0 Å². The second-order valence-corrected chi connectivity index (χ2v) is 4.00. The molecule has 1 aromatic heterocycles. The Bertz CT molecular complexity index is 462. The largest absolute Gasteiger partial charge is 0.311 e. The lowest BCUT2D eigenvalue weighted by atomic mass is 10.4. The Morgan fingerprint density at radius 3 is 2.69 bits per heavy atom. The first-order valence-corrected chi connectivity index (χ1v) is 4.99. The highest BCUT2D eigenvalue weighted by atomic mass is 32.2. The van der Waals surface area contributed by atoms with Crippen LogP contribution in [-0.2, 0) is 15.9 Å². The topological polar surface area (TPSA) is 100 Å². The number of aromatic amines is 1. The highest BCUT2D eigenvalue weighted by molar-refractivity contribution is 7.85. The van der Waals surface area contributed by atoms with Gasteiger partial charge in [-0.1, -0.05) is 0 Å². The third-order valence-electron chi connectivity index (χ3n) is 1.34. The lowest BCUT2D eigenvalue weighted by molar-refractivity contribution is 0.481. The van der Waals surface area contributed by atoms with Crippen molar-refractivity contribution in [2.45, 2.75) is 12.7 Å². The Labute approximate surface area is 74.4 Å². The van der Waals surface area contributed by atoms with Gasteiger partial charge in [-0.3, -0.25) is 9.35 Å². The standard InChI is InChI=1S/C6H8N2O4S/c1-4-7-2-5(6(9)8-4)3-13(10,11)12/h2H,3H2,1H3,(H,7,8,9)(H,10,11,12). The molecule has 72 valence electrons. The summed E-state index contributed by atoms with van der Waals surface area (Å²) in [6, 6.07) is 0. The molecule has 6 nitrogen and oxygen atoms in total. The van der Waals surface area contributed by atoms with E-state index in [0.717, 1.165) is 6.20 Å². The first kappa shape index (κ1) is 9.87. The fourth-order valence-corrected chi connectivity index (χ4v) is 1.41. The molecule has 0 aliphatic heterocycles. The van der Waals surface area contributed by atoms with Gasteiger partial charge in [0.2, 0.25) is 0 Å². The number of hydrogen-bond acceptors (Lipinski definition) is 4. The zero-order chi connectivity index (χ0) is 10.1. The summed E-state index contributed by atoms with van der Waals surface area (Å²) in [6.45, 7) is 1.57. The zero-order valence-electron chi connectivity index (χ0n) is 6.81. The van der Waals surface area contributed by atoms with Gasteiger partial charge in [0, 0.05) is 6.20 Å². The fraction of sp³-hybridized carbons (Fsp3) is 0.333. The molecule has 1 aromatic rings. The maximum absolute atomic E-state index is 11.0. The summed E-state index contributed by atoms with van der Waals surface area (Å²) in [6.07, 6.45) is 1.13. The molecule has 2 N–H and O–H groups in total. The smallest absolute Gasteiger partial charge is 0.269 e. The third-order valence-corrected chi connectivity index (χ3v) is 2.01. The predicted molar refractivity (Wildman–Crippen MR) is 44.8 cm³/mol. The average Bonchev–Trinajstić information content (AvgIpc) is 1.93. The van der Waals surface area contributed by atoms with Crippen molar-refractivity contribution in [3.05, 3.63) is 27.9 Å². The summed E-state index contributed by atoms with van der Waals surface area (Å²) in [5.41, 5.74) is -0.627. The zero-order valence-corrected chi connectivity index (χ0v) is 7.63. The SMILES string of the molecule is Cc1ncc(CS(=O)(=O)O)c(=O)[nH]1. The van der Waals surface area contributed by atoms with E-state index in [1.165, 1.54) is 0 Å². The van der Waals surface area contributed by atoms with Gasteiger partial charge in [-0.05, 0) is 6.92 Å². The van der Waals surface area contributed by atoms with Crippen molar-refractivity contribution in [2.75, 3.05) is 0 Å². The van der Waals surface area contributed by atoms with Crippen molar-refractivity contribution in [3.8, 4) is 0 Å². The van der Waals surface area contributed by atoms with Gasteiger partial charge in [0.25, 0.3) is 15.7 Å². The summed E-state index contributed by atoms with van der Waals surface area (Å²) in [5.74, 6) is -0.320. The van der Waals surface area contributed by atoms with Crippen molar-refractivity contribution >= 4 is 10.1 Å². The van der Waals surface area contributed by atoms with Gasteiger partial charge in [-0.2, -0.15) is 8.42 Å². The van der Waals surface area contributed by atoms with Gasteiger partial charge in [0.05, 0.1) is 5.56 Å². The molecule has 0 bridgehead atoms. The molecule has 13 heavy (non-hydrogen) atoms. The van der Waals surface area contributed by atoms with Crippen molar-refractivity contribution in [3.63, 3.8) is 0 Å². The van der Waals surface area contributed by atoms with E-state index in [9.17, 15) is 13.2 Å². The van der Waals surface area contributed by atoms with Crippen molar-refractivity contribution < 1.29 is 13.0 Å². The van der Waals surface area contributed by atoms with E-state index >= 15 is 0 Å². The molecule has 7 heteroatoms. The summed E-state index contributed by atoms with van der Waals surface area (Å²) in [4.78, 5) is 17.1. The Morgan fingerprint density at radius 1 is 1.62 bits per heavy atom. The van der Waals surface area contributed by atoms with Crippen LogP contribution < -0.4 is 5.56 Å². The van der Waals surface area contributed by atoms with Crippen LogP contribution in [0, 0.1) is 6.92 Å².